The Morgan fingerprint density at radius 1 is 1.10 bits per heavy atom. The Hall–Kier alpha value is -0.980. The van der Waals surface area contributed by atoms with E-state index >= 15 is 0 Å². The van der Waals surface area contributed by atoms with Crippen LogP contribution in [0.2, 0.25) is 0 Å². The number of phenols is 1. The van der Waals surface area contributed by atoms with Crippen molar-refractivity contribution in [2.75, 3.05) is 0 Å². The molecule has 1 heteroatoms. The second kappa shape index (κ2) is 7.71. The summed E-state index contributed by atoms with van der Waals surface area (Å²) in [5.74, 6) is 0.898. The van der Waals surface area contributed by atoms with Gasteiger partial charge >= 0.3 is 0 Å². The van der Waals surface area contributed by atoms with E-state index in [1.807, 2.05) is 6.07 Å². The lowest BCUT2D eigenvalue weighted by Crippen LogP contribution is -2.17. The lowest BCUT2D eigenvalue weighted by Gasteiger charge is -2.26. The number of rotatable bonds is 8. The van der Waals surface area contributed by atoms with Gasteiger partial charge < -0.3 is 5.11 Å². The molecule has 0 amide bonds. The molecule has 1 nitrogen and oxygen atoms in total. The highest BCUT2D eigenvalue weighted by Gasteiger charge is 2.21. The van der Waals surface area contributed by atoms with Crippen molar-refractivity contribution in [2.45, 2.75) is 84.5 Å². The summed E-state index contributed by atoms with van der Waals surface area (Å²) in [5, 5.41) is 10.3. The van der Waals surface area contributed by atoms with Crippen molar-refractivity contribution in [2.24, 2.45) is 0 Å². The second-order valence-corrected chi connectivity index (χ2v) is 6.78. The Morgan fingerprint density at radius 2 is 1.80 bits per heavy atom. The van der Waals surface area contributed by atoms with Crippen LogP contribution in [0.15, 0.2) is 18.2 Å². The zero-order chi connectivity index (χ0) is 15.2. The van der Waals surface area contributed by atoms with Gasteiger partial charge in [-0.2, -0.15) is 0 Å². The zero-order valence-corrected chi connectivity index (χ0v) is 14.0. The summed E-state index contributed by atoms with van der Waals surface area (Å²) in [5.41, 5.74) is 2.50. The lowest BCUT2D eigenvalue weighted by atomic mass is 9.79. The fourth-order valence-corrected chi connectivity index (χ4v) is 2.74. The number of benzene rings is 1. The van der Waals surface area contributed by atoms with Crippen LogP contribution in [0.3, 0.4) is 0 Å². The number of aromatic hydroxyl groups is 1. The van der Waals surface area contributed by atoms with E-state index in [9.17, 15) is 5.11 Å². The molecule has 0 fully saturated rings. The van der Waals surface area contributed by atoms with Crippen LogP contribution in [0.4, 0.5) is 0 Å². The second-order valence-electron chi connectivity index (χ2n) is 6.78. The van der Waals surface area contributed by atoms with E-state index in [0.717, 1.165) is 12.0 Å². The number of unbranched alkanes of at least 4 members (excludes halogenated alkanes) is 3. The maximum Gasteiger partial charge on any atom is 0.119 e. The molecule has 0 aromatic heterocycles. The Balaban J connectivity index is 2.77. The standard InChI is InChI=1S/C19H32O/c1-6-8-9-10-13-19(4,5)16-11-12-17(15(3)7-2)18(20)14-16/h11-12,14-15,20H,6-10,13H2,1-5H3/t15-/m1/s1. The van der Waals surface area contributed by atoms with Crippen LogP contribution in [-0.4, -0.2) is 5.11 Å². The Morgan fingerprint density at radius 3 is 2.35 bits per heavy atom. The molecular formula is C19H32O. The zero-order valence-electron chi connectivity index (χ0n) is 14.0. The number of phenolic OH excluding ortho intramolecular Hbond substituents is 1. The van der Waals surface area contributed by atoms with E-state index in [4.69, 9.17) is 0 Å². The third kappa shape index (κ3) is 4.54. The van der Waals surface area contributed by atoms with E-state index in [1.165, 1.54) is 37.7 Å². The van der Waals surface area contributed by atoms with Crippen molar-refractivity contribution in [3.8, 4) is 5.75 Å². The van der Waals surface area contributed by atoms with Gasteiger partial charge in [-0.3, -0.25) is 0 Å². The molecule has 114 valence electrons. The minimum absolute atomic E-state index is 0.152. The Kier molecular flexibility index (Phi) is 6.58. The van der Waals surface area contributed by atoms with Crippen LogP contribution in [-0.2, 0) is 5.41 Å². The first-order valence-electron chi connectivity index (χ1n) is 8.25. The predicted octanol–water partition coefficient (Wildman–Crippen LogP) is 6.15. The molecule has 0 radical (unpaired) electrons. The van der Waals surface area contributed by atoms with Crippen LogP contribution in [0.25, 0.3) is 0 Å². The van der Waals surface area contributed by atoms with E-state index < -0.39 is 0 Å². The van der Waals surface area contributed by atoms with E-state index in [0.29, 0.717) is 11.7 Å². The summed E-state index contributed by atoms with van der Waals surface area (Å²) in [7, 11) is 0. The summed E-state index contributed by atoms with van der Waals surface area (Å²) >= 11 is 0. The monoisotopic (exact) mass is 276 g/mol. The van der Waals surface area contributed by atoms with Crippen molar-refractivity contribution in [1.29, 1.82) is 0 Å². The molecule has 0 heterocycles. The molecule has 0 saturated heterocycles. The van der Waals surface area contributed by atoms with E-state index in [-0.39, 0.29) is 5.41 Å². The highest BCUT2D eigenvalue weighted by Crippen LogP contribution is 2.35. The van der Waals surface area contributed by atoms with Gasteiger partial charge in [0.1, 0.15) is 5.75 Å². The molecule has 0 aliphatic rings. The van der Waals surface area contributed by atoms with E-state index in [1.54, 1.807) is 0 Å². The van der Waals surface area contributed by atoms with Crippen molar-refractivity contribution < 1.29 is 5.11 Å². The normalized spacial score (nSPS) is 13.4. The molecule has 1 aromatic rings. The third-order valence-electron chi connectivity index (χ3n) is 4.61. The first-order valence-corrected chi connectivity index (χ1v) is 8.25. The molecule has 0 saturated carbocycles. The van der Waals surface area contributed by atoms with E-state index in [2.05, 4.69) is 46.8 Å². The first-order chi connectivity index (χ1) is 9.42. The third-order valence-corrected chi connectivity index (χ3v) is 4.61. The Labute approximate surface area is 125 Å². The largest absolute Gasteiger partial charge is 0.508 e. The van der Waals surface area contributed by atoms with Crippen LogP contribution in [0.5, 0.6) is 5.75 Å². The van der Waals surface area contributed by atoms with Gasteiger partial charge in [-0.1, -0.05) is 72.4 Å². The van der Waals surface area contributed by atoms with Gasteiger partial charge in [0.2, 0.25) is 0 Å². The van der Waals surface area contributed by atoms with Crippen molar-refractivity contribution in [3.63, 3.8) is 0 Å². The van der Waals surface area contributed by atoms with Crippen molar-refractivity contribution in [3.05, 3.63) is 29.3 Å². The smallest absolute Gasteiger partial charge is 0.119 e. The maximum absolute atomic E-state index is 10.3. The average molecular weight is 276 g/mol. The minimum Gasteiger partial charge on any atom is -0.508 e. The van der Waals surface area contributed by atoms with Gasteiger partial charge in [0, 0.05) is 0 Å². The first kappa shape index (κ1) is 17.1. The summed E-state index contributed by atoms with van der Waals surface area (Å²) < 4.78 is 0. The quantitative estimate of drug-likeness (QED) is 0.564. The maximum atomic E-state index is 10.3. The van der Waals surface area contributed by atoms with Gasteiger partial charge in [0.05, 0.1) is 0 Å². The van der Waals surface area contributed by atoms with Crippen molar-refractivity contribution >= 4 is 0 Å². The molecule has 0 bridgehead atoms. The number of hydrogen-bond donors (Lipinski definition) is 1. The highest BCUT2D eigenvalue weighted by atomic mass is 16.3. The molecule has 0 aliphatic carbocycles. The van der Waals surface area contributed by atoms with Gasteiger partial charge in [-0.25, -0.2) is 0 Å². The van der Waals surface area contributed by atoms with Gasteiger partial charge in [0.25, 0.3) is 0 Å². The summed E-state index contributed by atoms with van der Waals surface area (Å²) in [6.45, 7) is 11.2. The lowest BCUT2D eigenvalue weighted by molar-refractivity contribution is 0.433. The molecule has 1 aromatic carbocycles. The predicted molar refractivity (Wildman–Crippen MR) is 88.6 cm³/mol. The van der Waals surface area contributed by atoms with Gasteiger partial charge in [0.15, 0.2) is 0 Å². The minimum atomic E-state index is 0.152. The average Bonchev–Trinajstić information content (AvgIpc) is 2.42. The van der Waals surface area contributed by atoms with Crippen molar-refractivity contribution in [1.82, 2.24) is 0 Å². The van der Waals surface area contributed by atoms with Crippen LogP contribution in [0, 0.1) is 0 Å². The number of hydrogen-bond acceptors (Lipinski definition) is 1. The highest BCUT2D eigenvalue weighted by molar-refractivity contribution is 5.41. The van der Waals surface area contributed by atoms with Crippen LogP contribution < -0.4 is 0 Å². The van der Waals surface area contributed by atoms with Gasteiger partial charge in [-0.05, 0) is 41.4 Å². The molecule has 0 spiro atoms. The molecule has 1 rings (SSSR count). The fraction of sp³-hybridized carbons (Fsp3) is 0.684. The topological polar surface area (TPSA) is 20.2 Å². The van der Waals surface area contributed by atoms with Gasteiger partial charge in [-0.15, -0.1) is 0 Å². The van der Waals surface area contributed by atoms with Crippen LogP contribution >= 0.6 is 0 Å². The fourth-order valence-electron chi connectivity index (χ4n) is 2.74. The summed E-state index contributed by atoms with van der Waals surface area (Å²) in [6.07, 6.45) is 7.45. The molecular weight excluding hydrogens is 244 g/mol. The molecule has 20 heavy (non-hydrogen) atoms. The summed E-state index contributed by atoms with van der Waals surface area (Å²) in [6, 6.07) is 6.31. The summed E-state index contributed by atoms with van der Waals surface area (Å²) in [4.78, 5) is 0. The molecule has 1 atom stereocenters. The van der Waals surface area contributed by atoms with Crippen LogP contribution in [0.1, 0.15) is 90.2 Å². The SMILES string of the molecule is CCCCCCC(C)(C)c1ccc([C@H](C)CC)c(O)c1. The Bertz CT molecular complexity index is 406. The molecule has 0 aliphatic heterocycles. The molecule has 1 N–H and O–H groups in total. The molecule has 0 unspecified atom stereocenters.